The van der Waals surface area contributed by atoms with Crippen molar-refractivity contribution in [3.8, 4) is 28.3 Å². The molecule has 0 saturated heterocycles. The minimum atomic E-state index is -0.789. The lowest BCUT2D eigenvalue weighted by Crippen LogP contribution is -2.38. The first-order chi connectivity index (χ1) is 17.2. The second-order valence-electron chi connectivity index (χ2n) is 8.63. The number of carbonyl (C=O) groups is 1. The smallest absolute Gasteiger partial charge is 0.255 e. The third kappa shape index (κ3) is 5.07. The Labute approximate surface area is 206 Å². The van der Waals surface area contributed by atoms with Crippen molar-refractivity contribution in [1.29, 1.82) is 5.26 Å². The van der Waals surface area contributed by atoms with Crippen LogP contribution < -0.4 is 5.73 Å². The summed E-state index contributed by atoms with van der Waals surface area (Å²) in [6.45, 7) is 2.18. The summed E-state index contributed by atoms with van der Waals surface area (Å²) in [6, 6.07) is 13.7. The number of carbonyl (C=O) groups excluding carboxylic acids is 1. The maximum atomic E-state index is 14.1. The molecule has 8 heteroatoms. The van der Waals surface area contributed by atoms with Crippen molar-refractivity contribution in [2.45, 2.75) is 19.4 Å². The van der Waals surface area contributed by atoms with Crippen LogP contribution in [0.4, 0.5) is 13.2 Å². The molecule has 2 N–H and O–H groups in total. The average molecular weight is 489 g/mol. The molecule has 0 bridgehead atoms. The fourth-order valence-corrected chi connectivity index (χ4v) is 4.11. The van der Waals surface area contributed by atoms with E-state index in [4.69, 9.17) is 5.73 Å². The highest BCUT2D eigenvalue weighted by atomic mass is 19.1. The molecule has 36 heavy (non-hydrogen) atoms. The Kier molecular flexibility index (Phi) is 7.04. The predicted octanol–water partition coefficient (Wildman–Crippen LogP) is 5.67. The number of halogens is 3. The SMILES string of the molecule is CC[C@H](N)CN(C)C(=O)c1c(-c2cc(F)cc(F)c2)cnc2ccc(-c3cc(F)cc(C#N)c3)cc12. The van der Waals surface area contributed by atoms with E-state index in [1.165, 1.54) is 23.2 Å². The first-order valence-electron chi connectivity index (χ1n) is 11.3. The summed E-state index contributed by atoms with van der Waals surface area (Å²) in [6.07, 6.45) is 2.06. The minimum absolute atomic E-state index is 0.150. The Morgan fingerprint density at radius 2 is 1.67 bits per heavy atom. The number of hydrogen-bond donors (Lipinski definition) is 1. The molecule has 1 atom stereocenters. The number of pyridine rings is 1. The number of aromatic nitrogens is 1. The van der Waals surface area contributed by atoms with Crippen LogP contribution in [0.25, 0.3) is 33.2 Å². The van der Waals surface area contributed by atoms with E-state index < -0.39 is 23.4 Å². The van der Waals surface area contributed by atoms with E-state index in [2.05, 4.69) is 4.98 Å². The maximum absolute atomic E-state index is 14.1. The zero-order valence-electron chi connectivity index (χ0n) is 19.7. The van der Waals surface area contributed by atoms with Crippen LogP contribution in [0.2, 0.25) is 0 Å². The van der Waals surface area contributed by atoms with E-state index in [0.717, 1.165) is 24.3 Å². The number of hydrogen-bond acceptors (Lipinski definition) is 4. The summed E-state index contributed by atoms with van der Waals surface area (Å²) in [5.74, 6) is -2.55. The molecular formula is C28H23F3N4O. The number of nitrogens with zero attached hydrogens (tertiary/aromatic N) is 3. The Bertz CT molecular complexity index is 1490. The van der Waals surface area contributed by atoms with Gasteiger partial charge in [0.1, 0.15) is 17.5 Å². The molecule has 182 valence electrons. The largest absolute Gasteiger partial charge is 0.340 e. The molecule has 4 aromatic rings. The fraction of sp³-hybridized carbons (Fsp3) is 0.179. The lowest BCUT2D eigenvalue weighted by atomic mass is 9.94. The van der Waals surface area contributed by atoms with Gasteiger partial charge in [-0.3, -0.25) is 9.78 Å². The molecule has 1 amide bonds. The van der Waals surface area contributed by atoms with Crippen molar-refractivity contribution in [2.75, 3.05) is 13.6 Å². The molecule has 3 aromatic carbocycles. The first kappa shape index (κ1) is 24.9. The predicted molar refractivity (Wildman–Crippen MR) is 132 cm³/mol. The van der Waals surface area contributed by atoms with Crippen molar-refractivity contribution < 1.29 is 18.0 Å². The molecular weight excluding hydrogens is 465 g/mol. The molecule has 0 radical (unpaired) electrons. The van der Waals surface area contributed by atoms with Crippen LogP contribution in [0.1, 0.15) is 29.3 Å². The number of fused-ring (bicyclic) bond motifs is 1. The average Bonchev–Trinajstić information content (AvgIpc) is 2.86. The molecule has 1 aromatic heterocycles. The second kappa shape index (κ2) is 10.2. The molecule has 0 spiro atoms. The molecule has 4 rings (SSSR count). The first-order valence-corrected chi connectivity index (χ1v) is 11.3. The number of rotatable bonds is 6. The molecule has 0 aliphatic carbocycles. The van der Waals surface area contributed by atoms with Gasteiger partial charge in [-0.2, -0.15) is 5.26 Å². The monoisotopic (exact) mass is 488 g/mol. The fourth-order valence-electron chi connectivity index (χ4n) is 4.11. The normalized spacial score (nSPS) is 11.8. The molecule has 1 heterocycles. The van der Waals surface area contributed by atoms with Gasteiger partial charge in [-0.15, -0.1) is 0 Å². The third-order valence-corrected chi connectivity index (χ3v) is 6.00. The van der Waals surface area contributed by atoms with Crippen LogP contribution in [0.15, 0.2) is 60.8 Å². The zero-order chi connectivity index (χ0) is 26.0. The van der Waals surface area contributed by atoms with E-state index in [1.807, 2.05) is 13.0 Å². The van der Waals surface area contributed by atoms with Crippen LogP contribution in [0, 0.1) is 28.8 Å². The van der Waals surface area contributed by atoms with Gasteiger partial charge in [0.05, 0.1) is 22.7 Å². The molecule has 0 saturated carbocycles. The molecule has 0 fully saturated rings. The number of benzene rings is 3. The van der Waals surface area contributed by atoms with E-state index in [0.29, 0.717) is 28.5 Å². The highest BCUT2D eigenvalue weighted by molar-refractivity contribution is 6.12. The van der Waals surface area contributed by atoms with Crippen LogP contribution in [0.3, 0.4) is 0 Å². The Morgan fingerprint density at radius 1 is 1.00 bits per heavy atom. The van der Waals surface area contributed by atoms with Gasteiger partial charge >= 0.3 is 0 Å². The topological polar surface area (TPSA) is 83.0 Å². The van der Waals surface area contributed by atoms with Crippen molar-refractivity contribution >= 4 is 16.8 Å². The second-order valence-corrected chi connectivity index (χ2v) is 8.63. The molecule has 0 unspecified atom stereocenters. The highest BCUT2D eigenvalue weighted by Crippen LogP contribution is 2.34. The summed E-state index contributed by atoms with van der Waals surface area (Å²) in [5.41, 5.74) is 8.26. The van der Waals surface area contributed by atoms with Crippen molar-refractivity contribution in [3.05, 3.63) is 89.4 Å². The summed E-state index contributed by atoms with van der Waals surface area (Å²) in [7, 11) is 1.61. The van der Waals surface area contributed by atoms with Crippen LogP contribution in [0.5, 0.6) is 0 Å². The molecule has 5 nitrogen and oxygen atoms in total. The lowest BCUT2D eigenvalue weighted by molar-refractivity contribution is 0.0788. The van der Waals surface area contributed by atoms with Gasteiger partial charge in [0.25, 0.3) is 5.91 Å². The Morgan fingerprint density at radius 3 is 2.33 bits per heavy atom. The van der Waals surface area contributed by atoms with E-state index >= 15 is 0 Å². The minimum Gasteiger partial charge on any atom is -0.340 e. The van der Waals surface area contributed by atoms with Gasteiger partial charge in [0.2, 0.25) is 0 Å². The summed E-state index contributed by atoms with van der Waals surface area (Å²) >= 11 is 0. The van der Waals surface area contributed by atoms with Gasteiger partial charge in [0.15, 0.2) is 0 Å². The lowest BCUT2D eigenvalue weighted by Gasteiger charge is -2.23. The standard InChI is InChI=1S/C28H23F3N4O/c1-3-23(33)15-35(2)28(36)27-24-11-17(18-6-16(13-32)7-20(29)8-18)4-5-26(24)34-14-25(27)19-9-21(30)12-22(31)10-19/h4-12,14,23H,3,15,33H2,1-2H3/t23-/m0/s1. The van der Waals surface area contributed by atoms with Crippen LogP contribution in [-0.4, -0.2) is 35.4 Å². The summed E-state index contributed by atoms with van der Waals surface area (Å²) in [5, 5.41) is 9.65. The van der Waals surface area contributed by atoms with Gasteiger partial charge in [-0.1, -0.05) is 13.0 Å². The number of likely N-dealkylation sites (N-methyl/N-ethyl adjacent to an activating group) is 1. The highest BCUT2D eigenvalue weighted by Gasteiger charge is 2.23. The van der Waals surface area contributed by atoms with Crippen molar-refractivity contribution in [2.24, 2.45) is 5.73 Å². The number of nitrogens with two attached hydrogens (primary N) is 1. The molecule has 0 aliphatic heterocycles. The van der Waals surface area contributed by atoms with E-state index in [1.54, 1.807) is 25.2 Å². The van der Waals surface area contributed by atoms with Crippen LogP contribution in [-0.2, 0) is 0 Å². The van der Waals surface area contributed by atoms with Crippen LogP contribution >= 0.6 is 0 Å². The van der Waals surface area contributed by atoms with E-state index in [9.17, 15) is 23.2 Å². The Hall–Kier alpha value is -4.22. The van der Waals surface area contributed by atoms with E-state index in [-0.39, 0.29) is 34.8 Å². The number of amides is 1. The van der Waals surface area contributed by atoms with Gasteiger partial charge in [-0.25, -0.2) is 13.2 Å². The Balaban J connectivity index is 1.98. The summed E-state index contributed by atoms with van der Waals surface area (Å²) < 4.78 is 42.3. The van der Waals surface area contributed by atoms with Gasteiger partial charge in [0, 0.05) is 42.8 Å². The van der Waals surface area contributed by atoms with Gasteiger partial charge in [-0.05, 0) is 65.6 Å². The zero-order valence-corrected chi connectivity index (χ0v) is 19.7. The quantitative estimate of drug-likeness (QED) is 0.379. The maximum Gasteiger partial charge on any atom is 0.255 e. The van der Waals surface area contributed by atoms with Crippen molar-refractivity contribution in [3.63, 3.8) is 0 Å². The summed E-state index contributed by atoms with van der Waals surface area (Å²) in [4.78, 5) is 19.6. The number of nitriles is 1. The van der Waals surface area contributed by atoms with Gasteiger partial charge < -0.3 is 10.6 Å². The third-order valence-electron chi connectivity index (χ3n) is 6.00. The van der Waals surface area contributed by atoms with Crippen molar-refractivity contribution in [1.82, 2.24) is 9.88 Å². The molecule has 0 aliphatic rings.